The van der Waals surface area contributed by atoms with Gasteiger partial charge in [-0.3, -0.25) is 10.3 Å². The molecule has 0 fully saturated rings. The van der Waals surface area contributed by atoms with Crippen LogP contribution in [0.15, 0.2) is 24.5 Å². The van der Waals surface area contributed by atoms with Gasteiger partial charge in [-0.15, -0.1) is 0 Å². The monoisotopic (exact) mass is 465 g/mol. The summed E-state index contributed by atoms with van der Waals surface area (Å²) >= 11 is 1.76. The molecule has 2 N–H and O–H groups in total. The number of nitrogens with one attached hydrogen (secondary N) is 2. The third-order valence-electron chi connectivity index (χ3n) is 1.84. The Hall–Kier alpha value is 0.430. The Morgan fingerprint density at radius 2 is 2.19 bits per heavy atom. The van der Waals surface area contributed by atoms with Crippen LogP contribution in [0.1, 0.15) is 5.56 Å². The highest BCUT2D eigenvalue weighted by Crippen LogP contribution is 2.08. The molecule has 0 amide bonds. The number of hydrogen-bond donors (Lipinski definition) is 2. The molecule has 0 radical (unpaired) electrons. The molecule has 0 atom stereocenters. The maximum Gasteiger partial charge on any atom is 0.303 e. The fourth-order valence-corrected chi connectivity index (χ4v) is 1.93. The van der Waals surface area contributed by atoms with Gasteiger partial charge in [0, 0.05) is 17.4 Å². The third-order valence-corrected chi connectivity index (χ3v) is 3.01. The summed E-state index contributed by atoms with van der Waals surface area (Å²) in [6.07, 6.45) is 4.17. The highest BCUT2D eigenvalue weighted by atomic mass is 127. The summed E-state index contributed by atoms with van der Waals surface area (Å²) in [5, 5.41) is 4.19. The fraction of sp³-hybridized carbons (Fsp3) is 0.400. The molecule has 0 saturated carbocycles. The molecule has 0 bridgehead atoms. The number of nitrogens with zero attached hydrogens (tertiary/aromatic N) is 1. The Morgan fingerprint density at radius 3 is 2.69 bits per heavy atom. The second-order valence-electron chi connectivity index (χ2n) is 3.00. The van der Waals surface area contributed by atoms with Crippen molar-refractivity contribution < 1.29 is 57.5 Å². The van der Waals surface area contributed by atoms with E-state index in [2.05, 4.69) is 33.2 Å². The molecule has 0 saturated heterocycles. The predicted octanol–water partition coefficient (Wildman–Crippen LogP) is -6.96. The second-order valence-corrected chi connectivity index (χ2v) is 3.98. The quantitative estimate of drug-likeness (QED) is 0.197. The van der Waals surface area contributed by atoms with Gasteiger partial charge in [-0.05, 0) is 17.8 Å². The van der Waals surface area contributed by atoms with Crippen LogP contribution in [0.4, 0.5) is 0 Å². The minimum atomic E-state index is 0. The highest BCUT2D eigenvalue weighted by molar-refractivity contribution is 8.12. The van der Waals surface area contributed by atoms with Gasteiger partial charge in [-0.1, -0.05) is 0 Å². The molecule has 0 unspecified atom stereocenters. The van der Waals surface area contributed by atoms with Crippen LogP contribution in [0.25, 0.3) is 0 Å². The van der Waals surface area contributed by atoms with Crippen LogP contribution in [0.3, 0.4) is 0 Å². The number of thioether (sulfide) groups is 1. The normalized spacial score (nSPS) is 10.1. The SMILES string of the molecule is CNC(=[NH+]C)SCc1ccc[n+](C)c1.[I-].[I-]. The van der Waals surface area contributed by atoms with Crippen LogP contribution in [-0.4, -0.2) is 19.3 Å². The van der Waals surface area contributed by atoms with Crippen molar-refractivity contribution in [2.24, 2.45) is 7.05 Å². The van der Waals surface area contributed by atoms with E-state index in [0.717, 1.165) is 10.9 Å². The Bertz CT molecular complexity index is 332. The van der Waals surface area contributed by atoms with Gasteiger partial charge in [0.1, 0.15) is 7.05 Å². The van der Waals surface area contributed by atoms with E-state index >= 15 is 0 Å². The standard InChI is InChI=1S/C10H16N3S.2HI/c1-11-10(12-2)14-8-9-5-4-6-13(3)7-9;;/h4-7H,8H2,1-3H3,(H,11,12);2*1H/q+1;;/p-1. The van der Waals surface area contributed by atoms with Gasteiger partial charge in [-0.2, -0.15) is 0 Å². The Balaban J connectivity index is 0. The first-order valence-electron chi connectivity index (χ1n) is 4.55. The van der Waals surface area contributed by atoms with Crippen molar-refractivity contribution in [3.8, 4) is 0 Å². The lowest BCUT2D eigenvalue weighted by molar-refractivity contribution is -0.671. The molecule has 92 valence electrons. The van der Waals surface area contributed by atoms with Crippen LogP contribution < -0.4 is 62.8 Å². The van der Waals surface area contributed by atoms with Crippen LogP contribution in [0.2, 0.25) is 0 Å². The Labute approximate surface area is 136 Å². The summed E-state index contributed by atoms with van der Waals surface area (Å²) < 4.78 is 2.06. The smallest absolute Gasteiger partial charge is 0.303 e. The number of amidine groups is 1. The minimum absolute atomic E-state index is 0. The predicted molar refractivity (Wildman–Crippen MR) is 59.9 cm³/mol. The summed E-state index contributed by atoms with van der Waals surface area (Å²) in [5.41, 5.74) is 1.32. The molecule has 1 aromatic heterocycles. The maximum atomic E-state index is 3.10. The van der Waals surface area contributed by atoms with E-state index in [1.165, 1.54) is 5.56 Å². The van der Waals surface area contributed by atoms with Crippen molar-refractivity contribution in [2.75, 3.05) is 14.1 Å². The number of halogens is 2. The van der Waals surface area contributed by atoms with E-state index in [1.807, 2.05) is 27.3 Å². The zero-order valence-corrected chi connectivity index (χ0v) is 14.8. The van der Waals surface area contributed by atoms with Crippen molar-refractivity contribution in [1.82, 2.24) is 5.32 Å². The topological polar surface area (TPSA) is 29.9 Å². The number of pyridine rings is 1. The van der Waals surface area contributed by atoms with Gasteiger partial charge < -0.3 is 48.0 Å². The number of aryl methyl sites for hydroxylation is 1. The van der Waals surface area contributed by atoms with Gasteiger partial charge in [0.2, 0.25) is 0 Å². The van der Waals surface area contributed by atoms with Crippen molar-refractivity contribution in [2.45, 2.75) is 5.75 Å². The zero-order valence-electron chi connectivity index (χ0n) is 9.63. The second kappa shape index (κ2) is 10.6. The summed E-state index contributed by atoms with van der Waals surface area (Å²) in [4.78, 5) is 3.10. The molecule has 1 rings (SSSR count). The Kier molecular flexibility index (Phi) is 12.4. The lowest BCUT2D eigenvalue weighted by atomic mass is 10.3. The van der Waals surface area contributed by atoms with Gasteiger partial charge in [0.25, 0.3) is 0 Å². The first-order chi connectivity index (χ1) is 6.76. The molecule has 0 aliphatic heterocycles. The van der Waals surface area contributed by atoms with Crippen molar-refractivity contribution in [3.63, 3.8) is 0 Å². The molecule has 0 aliphatic carbocycles. The van der Waals surface area contributed by atoms with Gasteiger partial charge in [0.15, 0.2) is 12.4 Å². The van der Waals surface area contributed by atoms with Crippen LogP contribution in [0.5, 0.6) is 0 Å². The number of rotatable bonds is 2. The Morgan fingerprint density at radius 1 is 1.50 bits per heavy atom. The molecular formula is C10H17I2N3S. The molecule has 3 nitrogen and oxygen atoms in total. The van der Waals surface area contributed by atoms with Crippen molar-refractivity contribution in [1.29, 1.82) is 0 Å². The lowest BCUT2D eigenvalue weighted by Crippen LogP contribution is -3.00. The largest absolute Gasteiger partial charge is 1.00 e. The molecule has 0 aromatic carbocycles. The van der Waals surface area contributed by atoms with Crippen LogP contribution in [-0.2, 0) is 12.8 Å². The van der Waals surface area contributed by atoms with Crippen LogP contribution in [0, 0.1) is 0 Å². The van der Waals surface area contributed by atoms with Gasteiger partial charge >= 0.3 is 5.17 Å². The van der Waals surface area contributed by atoms with E-state index < -0.39 is 0 Å². The lowest BCUT2D eigenvalue weighted by Gasteiger charge is -1.97. The number of aromatic nitrogens is 1. The molecule has 1 heterocycles. The number of hydrogen-bond acceptors (Lipinski definition) is 1. The first kappa shape index (κ1) is 18.8. The van der Waals surface area contributed by atoms with Crippen molar-refractivity contribution in [3.05, 3.63) is 30.1 Å². The van der Waals surface area contributed by atoms with E-state index in [0.29, 0.717) is 0 Å². The molecular weight excluding hydrogens is 448 g/mol. The molecule has 0 aliphatic rings. The van der Waals surface area contributed by atoms with E-state index in [1.54, 1.807) is 11.8 Å². The summed E-state index contributed by atoms with van der Waals surface area (Å²) in [6, 6.07) is 4.20. The van der Waals surface area contributed by atoms with E-state index in [9.17, 15) is 0 Å². The summed E-state index contributed by atoms with van der Waals surface area (Å²) in [6.45, 7) is 0. The first-order valence-corrected chi connectivity index (χ1v) is 5.54. The van der Waals surface area contributed by atoms with E-state index in [-0.39, 0.29) is 48.0 Å². The van der Waals surface area contributed by atoms with E-state index in [4.69, 9.17) is 0 Å². The molecule has 0 spiro atoms. The zero-order chi connectivity index (χ0) is 10.4. The fourth-order valence-electron chi connectivity index (χ4n) is 1.16. The molecule has 1 aromatic rings. The molecule has 6 heteroatoms. The average Bonchev–Trinajstić information content (AvgIpc) is 2.19. The third kappa shape index (κ3) is 6.89. The maximum absolute atomic E-state index is 3.10. The summed E-state index contributed by atoms with van der Waals surface area (Å²) in [5.74, 6) is 0.978. The highest BCUT2D eigenvalue weighted by Gasteiger charge is 2.04. The van der Waals surface area contributed by atoms with Crippen molar-refractivity contribution >= 4 is 16.9 Å². The van der Waals surface area contributed by atoms with Crippen LogP contribution >= 0.6 is 11.8 Å². The molecule has 16 heavy (non-hydrogen) atoms. The minimum Gasteiger partial charge on any atom is -1.00 e. The van der Waals surface area contributed by atoms with Gasteiger partial charge in [0.05, 0.1) is 14.1 Å². The summed E-state index contributed by atoms with van der Waals surface area (Å²) in [7, 11) is 5.88. The average molecular weight is 465 g/mol. The van der Waals surface area contributed by atoms with Gasteiger partial charge in [-0.25, -0.2) is 4.57 Å².